The van der Waals surface area contributed by atoms with Crippen molar-refractivity contribution in [3.8, 4) is 11.3 Å². The lowest BCUT2D eigenvalue weighted by atomic mass is 10.1. The summed E-state index contributed by atoms with van der Waals surface area (Å²) in [6, 6.07) is 10.5. The number of carbonyl (C=O) groups excluding carboxylic acids is 1. The zero-order valence-electron chi connectivity index (χ0n) is 13.6. The van der Waals surface area contributed by atoms with Gasteiger partial charge in [-0.1, -0.05) is 24.3 Å². The molecule has 3 aromatic rings. The molecule has 24 heavy (non-hydrogen) atoms. The summed E-state index contributed by atoms with van der Waals surface area (Å²) in [7, 11) is 0. The topological polar surface area (TPSA) is 42.0 Å². The molecule has 5 heteroatoms. The normalized spacial score (nSPS) is 10.7. The summed E-state index contributed by atoms with van der Waals surface area (Å²) in [5.74, 6) is 0.121. The highest BCUT2D eigenvalue weighted by Crippen LogP contribution is 2.21. The third-order valence-corrected chi connectivity index (χ3v) is 5.33. The largest absolute Gasteiger partial charge is 0.356 e. The van der Waals surface area contributed by atoms with E-state index in [2.05, 4.69) is 51.4 Å². The van der Waals surface area contributed by atoms with Gasteiger partial charge in [-0.05, 0) is 47.7 Å². The fourth-order valence-electron chi connectivity index (χ4n) is 2.47. The maximum absolute atomic E-state index is 11.9. The number of carbonyl (C=O) groups is 1. The predicted octanol–water partition coefficient (Wildman–Crippen LogP) is 4.47. The van der Waals surface area contributed by atoms with Crippen molar-refractivity contribution in [2.24, 2.45) is 0 Å². The number of thiophene rings is 1. The average Bonchev–Trinajstić information content (AvgIpc) is 3.25. The number of rotatable bonds is 7. The minimum atomic E-state index is 0.121. The van der Waals surface area contributed by atoms with Crippen molar-refractivity contribution in [1.29, 1.82) is 0 Å². The van der Waals surface area contributed by atoms with Crippen LogP contribution in [-0.2, 0) is 17.6 Å². The molecule has 1 aromatic carbocycles. The Labute approximate surface area is 150 Å². The number of aryl methyl sites for hydroxylation is 2. The van der Waals surface area contributed by atoms with Gasteiger partial charge in [-0.3, -0.25) is 4.79 Å². The van der Waals surface area contributed by atoms with Crippen molar-refractivity contribution in [1.82, 2.24) is 10.3 Å². The van der Waals surface area contributed by atoms with Crippen molar-refractivity contribution >= 4 is 28.6 Å². The van der Waals surface area contributed by atoms with E-state index in [9.17, 15) is 4.79 Å². The molecule has 3 rings (SSSR count). The van der Waals surface area contributed by atoms with Gasteiger partial charge in [0, 0.05) is 23.9 Å². The van der Waals surface area contributed by atoms with Gasteiger partial charge in [0.1, 0.15) is 0 Å². The summed E-state index contributed by atoms with van der Waals surface area (Å²) < 4.78 is 0. The zero-order valence-corrected chi connectivity index (χ0v) is 15.3. The van der Waals surface area contributed by atoms with Crippen molar-refractivity contribution in [2.45, 2.75) is 26.2 Å². The van der Waals surface area contributed by atoms with Crippen LogP contribution in [0.4, 0.5) is 0 Å². The lowest BCUT2D eigenvalue weighted by molar-refractivity contribution is -0.121. The van der Waals surface area contributed by atoms with Gasteiger partial charge in [-0.25, -0.2) is 4.98 Å². The Kier molecular flexibility index (Phi) is 5.77. The van der Waals surface area contributed by atoms with Gasteiger partial charge in [0.25, 0.3) is 0 Å². The van der Waals surface area contributed by atoms with Crippen molar-refractivity contribution < 1.29 is 4.79 Å². The Hall–Kier alpha value is -1.98. The van der Waals surface area contributed by atoms with Crippen LogP contribution in [-0.4, -0.2) is 17.4 Å². The maximum Gasteiger partial charge on any atom is 0.220 e. The molecule has 1 amide bonds. The minimum absolute atomic E-state index is 0.121. The van der Waals surface area contributed by atoms with E-state index in [0.29, 0.717) is 13.0 Å². The first-order chi connectivity index (χ1) is 11.7. The monoisotopic (exact) mass is 356 g/mol. The fourth-order valence-corrected chi connectivity index (χ4v) is 3.79. The summed E-state index contributed by atoms with van der Waals surface area (Å²) in [5, 5.41) is 10.3. The second kappa shape index (κ2) is 8.22. The number of thiazole rings is 1. The zero-order chi connectivity index (χ0) is 16.8. The van der Waals surface area contributed by atoms with E-state index in [4.69, 9.17) is 0 Å². The molecular weight excluding hydrogens is 336 g/mol. The average molecular weight is 357 g/mol. The van der Waals surface area contributed by atoms with Crippen LogP contribution in [0.1, 0.15) is 22.6 Å². The molecule has 0 radical (unpaired) electrons. The summed E-state index contributed by atoms with van der Waals surface area (Å²) >= 11 is 3.34. The van der Waals surface area contributed by atoms with Crippen LogP contribution in [0, 0.1) is 6.92 Å². The molecule has 0 spiro atoms. The molecule has 3 nitrogen and oxygen atoms in total. The van der Waals surface area contributed by atoms with Gasteiger partial charge in [-0.15, -0.1) is 11.3 Å². The van der Waals surface area contributed by atoms with E-state index in [1.165, 1.54) is 11.1 Å². The second-order valence-corrected chi connectivity index (χ2v) is 7.52. The lowest BCUT2D eigenvalue weighted by Gasteiger charge is -2.06. The van der Waals surface area contributed by atoms with Crippen LogP contribution in [0.15, 0.2) is 46.5 Å². The minimum Gasteiger partial charge on any atom is -0.356 e. The molecule has 0 saturated carbocycles. The van der Waals surface area contributed by atoms with Gasteiger partial charge in [0.2, 0.25) is 5.91 Å². The molecule has 124 valence electrons. The highest BCUT2D eigenvalue weighted by Gasteiger charge is 2.04. The molecule has 2 heterocycles. The number of nitrogens with zero attached hydrogens (tertiary/aromatic N) is 1. The van der Waals surface area contributed by atoms with Crippen molar-refractivity contribution in [2.75, 3.05) is 6.54 Å². The molecule has 0 aliphatic heterocycles. The van der Waals surface area contributed by atoms with Crippen molar-refractivity contribution in [3.05, 3.63) is 62.6 Å². The molecule has 0 unspecified atom stereocenters. The summed E-state index contributed by atoms with van der Waals surface area (Å²) in [6.45, 7) is 2.70. The molecule has 0 aliphatic rings. The van der Waals surface area contributed by atoms with Crippen LogP contribution in [0.5, 0.6) is 0 Å². The third kappa shape index (κ3) is 4.76. The molecule has 0 aliphatic carbocycles. The van der Waals surface area contributed by atoms with E-state index in [-0.39, 0.29) is 5.91 Å². The number of nitrogens with one attached hydrogen (secondary N) is 1. The molecule has 0 saturated heterocycles. The van der Waals surface area contributed by atoms with Crippen LogP contribution in [0.25, 0.3) is 11.3 Å². The van der Waals surface area contributed by atoms with Gasteiger partial charge in [0.15, 0.2) is 0 Å². The van der Waals surface area contributed by atoms with Gasteiger partial charge in [-0.2, -0.15) is 11.3 Å². The second-order valence-electron chi connectivity index (χ2n) is 5.68. The smallest absolute Gasteiger partial charge is 0.220 e. The van der Waals surface area contributed by atoms with Crippen LogP contribution >= 0.6 is 22.7 Å². The highest BCUT2D eigenvalue weighted by atomic mass is 32.1. The summed E-state index contributed by atoms with van der Waals surface area (Å²) in [5.41, 5.74) is 4.64. The molecular formula is C19H20N2OS2. The summed E-state index contributed by atoms with van der Waals surface area (Å²) in [6.07, 6.45) is 2.22. The third-order valence-electron chi connectivity index (χ3n) is 3.83. The molecule has 1 N–H and O–H groups in total. The SMILES string of the molecule is Cc1nc(-c2ccc(CCNC(=O)CCc3ccsc3)cc2)cs1. The first-order valence-corrected chi connectivity index (χ1v) is 9.82. The quantitative estimate of drug-likeness (QED) is 0.678. The molecule has 2 aromatic heterocycles. The molecule has 0 fully saturated rings. The predicted molar refractivity (Wildman–Crippen MR) is 102 cm³/mol. The first kappa shape index (κ1) is 16.9. The lowest BCUT2D eigenvalue weighted by Crippen LogP contribution is -2.25. The Balaban J connectivity index is 1.42. The Morgan fingerprint density at radius 1 is 1.08 bits per heavy atom. The van der Waals surface area contributed by atoms with E-state index in [1.807, 2.05) is 12.3 Å². The van der Waals surface area contributed by atoms with Gasteiger partial charge in [0.05, 0.1) is 10.7 Å². The molecule has 0 atom stereocenters. The van der Waals surface area contributed by atoms with Crippen molar-refractivity contribution in [3.63, 3.8) is 0 Å². The number of hydrogen-bond donors (Lipinski definition) is 1. The van der Waals surface area contributed by atoms with Crippen LogP contribution in [0.3, 0.4) is 0 Å². The first-order valence-electron chi connectivity index (χ1n) is 8.00. The molecule has 0 bridgehead atoms. The summed E-state index contributed by atoms with van der Waals surface area (Å²) in [4.78, 5) is 16.4. The standard InChI is InChI=1S/C19H20N2OS2/c1-14-21-18(13-24-14)17-5-2-15(3-6-17)8-10-20-19(22)7-4-16-9-11-23-12-16/h2-3,5-6,9,11-13H,4,7-8,10H2,1H3,(H,20,22). The van der Waals surface area contributed by atoms with E-state index in [1.54, 1.807) is 22.7 Å². The van der Waals surface area contributed by atoms with Gasteiger partial charge < -0.3 is 5.32 Å². The van der Waals surface area contributed by atoms with Gasteiger partial charge >= 0.3 is 0 Å². The fraction of sp³-hybridized carbons (Fsp3) is 0.263. The van der Waals surface area contributed by atoms with Crippen LogP contribution in [0.2, 0.25) is 0 Å². The Morgan fingerprint density at radius 2 is 1.92 bits per heavy atom. The maximum atomic E-state index is 11.9. The number of aromatic nitrogens is 1. The number of hydrogen-bond acceptors (Lipinski definition) is 4. The number of benzene rings is 1. The number of amides is 1. The van der Waals surface area contributed by atoms with E-state index < -0.39 is 0 Å². The highest BCUT2D eigenvalue weighted by molar-refractivity contribution is 7.09. The Morgan fingerprint density at radius 3 is 2.58 bits per heavy atom. The van der Waals surface area contributed by atoms with E-state index in [0.717, 1.165) is 29.1 Å². The van der Waals surface area contributed by atoms with Crippen LogP contribution < -0.4 is 5.32 Å². The Bertz CT molecular complexity index is 776. The van der Waals surface area contributed by atoms with E-state index >= 15 is 0 Å².